The lowest BCUT2D eigenvalue weighted by atomic mass is 9.47. The predicted octanol–water partition coefficient (Wildman–Crippen LogP) is 4.29. The lowest BCUT2D eigenvalue weighted by Crippen LogP contribution is -2.68. The summed E-state index contributed by atoms with van der Waals surface area (Å²) in [6, 6.07) is -1.29. The third-order valence-electron chi connectivity index (χ3n) is 14.4. The first-order valence-electron chi connectivity index (χ1n) is 20.6. The summed E-state index contributed by atoms with van der Waals surface area (Å²) in [5, 5.41) is 55.9. The molecule has 2 amide bonds. The fourth-order valence-electron chi connectivity index (χ4n) is 11.6. The van der Waals surface area contributed by atoms with E-state index in [0.717, 1.165) is 49.9 Å². The first-order chi connectivity index (χ1) is 25.5. The average Bonchev–Trinajstić information content (AvgIpc) is 3.47. The monoisotopic (exact) mass is 764 g/mol. The van der Waals surface area contributed by atoms with Gasteiger partial charge in [-0.1, -0.05) is 65.5 Å². The number of carbonyl (C=O) groups excluding carboxylic acids is 2. The largest absolute Gasteiger partial charge is 0.477 e. The van der Waals surface area contributed by atoms with Crippen LogP contribution >= 0.6 is 0 Å². The molecule has 4 aliphatic carbocycles. The molecule has 0 unspecified atom stereocenters. The number of carboxylic acids is 1. The maximum Gasteiger partial charge on any atom is 0.407 e. The molecular weight excluding hydrogens is 696 g/mol. The second kappa shape index (κ2) is 17.5. The molecule has 3 saturated carbocycles. The smallest absolute Gasteiger partial charge is 0.407 e. The summed E-state index contributed by atoms with van der Waals surface area (Å²) >= 11 is 0. The van der Waals surface area contributed by atoms with Crippen LogP contribution in [0.5, 0.6) is 0 Å². The molecule has 5 aliphatic rings. The van der Waals surface area contributed by atoms with Gasteiger partial charge in [-0.15, -0.1) is 0 Å². The summed E-state index contributed by atoms with van der Waals surface area (Å²) in [7, 11) is 0. The van der Waals surface area contributed by atoms with Crippen LogP contribution in [-0.4, -0.2) is 106 Å². The quantitative estimate of drug-likeness (QED) is 0.0926. The molecule has 0 radical (unpaired) electrons. The summed E-state index contributed by atoms with van der Waals surface area (Å²) in [6.07, 6.45) is 6.94. The minimum Gasteiger partial charge on any atom is -0.477 e. The minimum atomic E-state index is -2.47. The van der Waals surface area contributed by atoms with E-state index in [2.05, 4.69) is 51.3 Å². The van der Waals surface area contributed by atoms with Crippen molar-refractivity contribution in [2.24, 2.45) is 46.3 Å². The Balaban J connectivity index is 1.13. The number of allylic oxidation sites excluding steroid dienone is 1. The van der Waals surface area contributed by atoms with Gasteiger partial charge in [-0.2, -0.15) is 0 Å². The number of rotatable bonds is 15. The molecule has 54 heavy (non-hydrogen) atoms. The average molecular weight is 765 g/mol. The van der Waals surface area contributed by atoms with Crippen LogP contribution in [0.15, 0.2) is 11.6 Å². The number of hydrogen-bond acceptors (Lipinski definition) is 10. The fourth-order valence-corrected chi connectivity index (χ4v) is 11.6. The SMILES string of the molecule is CC(=O)N[C@H]1[C@H]([C@H](O)[C@H](O)CO)O[C@@](OCCNC(=O)O[C@H]2CC[C@@]3(C)C(=CC[C@H]4[C@@H]5CC[C@H]([C@H](C)CCCC(C)C)[C@@]5(C)CC[C@@H]43)C2)(C(=O)O)C[C@@H]1O. The summed E-state index contributed by atoms with van der Waals surface area (Å²) in [4.78, 5) is 37.1. The molecule has 0 spiro atoms. The Hall–Kier alpha value is -2.29. The van der Waals surface area contributed by atoms with Gasteiger partial charge >= 0.3 is 12.1 Å². The van der Waals surface area contributed by atoms with Crippen LogP contribution in [0.4, 0.5) is 4.79 Å². The van der Waals surface area contributed by atoms with Crippen molar-refractivity contribution in [3.63, 3.8) is 0 Å². The van der Waals surface area contributed by atoms with E-state index in [4.69, 9.17) is 14.2 Å². The highest BCUT2D eigenvalue weighted by Gasteiger charge is 2.59. The van der Waals surface area contributed by atoms with Gasteiger partial charge in [-0.3, -0.25) is 4.79 Å². The van der Waals surface area contributed by atoms with Gasteiger partial charge in [0.1, 0.15) is 24.4 Å². The van der Waals surface area contributed by atoms with Crippen LogP contribution in [0, 0.1) is 46.3 Å². The van der Waals surface area contributed by atoms with Gasteiger partial charge in [0, 0.05) is 26.3 Å². The molecule has 1 aliphatic heterocycles. The van der Waals surface area contributed by atoms with Gasteiger partial charge in [0.2, 0.25) is 5.91 Å². The second-order valence-corrected chi connectivity index (χ2v) is 18.2. The third kappa shape index (κ3) is 8.81. The van der Waals surface area contributed by atoms with Crippen molar-refractivity contribution < 1.29 is 54.1 Å². The van der Waals surface area contributed by atoms with Gasteiger partial charge in [0.15, 0.2) is 0 Å². The number of amides is 2. The molecule has 0 bridgehead atoms. The van der Waals surface area contributed by atoms with Crippen LogP contribution in [0.2, 0.25) is 0 Å². The molecule has 13 nitrogen and oxygen atoms in total. The number of carbonyl (C=O) groups is 3. The molecular formula is C41H68N2O11. The highest BCUT2D eigenvalue weighted by Crippen LogP contribution is 2.67. The highest BCUT2D eigenvalue weighted by atomic mass is 16.7. The maximum absolute atomic E-state index is 12.9. The van der Waals surface area contributed by atoms with Gasteiger partial charge < -0.3 is 50.4 Å². The summed E-state index contributed by atoms with van der Waals surface area (Å²) < 4.78 is 17.1. The van der Waals surface area contributed by atoms with Gasteiger partial charge in [-0.25, -0.2) is 9.59 Å². The maximum atomic E-state index is 12.9. The van der Waals surface area contributed by atoms with Crippen LogP contribution in [0.3, 0.4) is 0 Å². The molecule has 0 aromatic heterocycles. The zero-order valence-electron chi connectivity index (χ0n) is 33.3. The topological polar surface area (TPSA) is 204 Å². The van der Waals surface area contributed by atoms with Crippen LogP contribution in [0.1, 0.15) is 119 Å². The Kier molecular flexibility index (Phi) is 13.9. The molecule has 4 fully saturated rings. The number of nitrogens with one attached hydrogen (secondary N) is 2. The van der Waals surface area contributed by atoms with Gasteiger partial charge in [0.25, 0.3) is 5.79 Å². The second-order valence-electron chi connectivity index (χ2n) is 18.2. The predicted molar refractivity (Wildman–Crippen MR) is 200 cm³/mol. The van der Waals surface area contributed by atoms with Gasteiger partial charge in [-0.05, 0) is 91.3 Å². The molecule has 14 atom stereocenters. The molecule has 13 heteroatoms. The van der Waals surface area contributed by atoms with E-state index in [-0.39, 0.29) is 24.7 Å². The van der Waals surface area contributed by atoms with Crippen molar-refractivity contribution in [1.82, 2.24) is 10.6 Å². The third-order valence-corrected chi connectivity index (χ3v) is 14.4. The highest BCUT2D eigenvalue weighted by molar-refractivity contribution is 5.76. The van der Waals surface area contributed by atoms with Gasteiger partial charge in [0.05, 0.1) is 25.4 Å². The van der Waals surface area contributed by atoms with Crippen LogP contribution in [-0.2, 0) is 23.8 Å². The Morgan fingerprint density at radius 3 is 2.44 bits per heavy atom. The number of ether oxygens (including phenoxy) is 3. The van der Waals surface area contributed by atoms with Crippen molar-refractivity contribution in [3.05, 3.63) is 11.6 Å². The van der Waals surface area contributed by atoms with E-state index in [1.54, 1.807) is 0 Å². The number of aliphatic carboxylic acids is 1. The number of carboxylic acid groups (broad SMARTS) is 1. The molecule has 7 N–H and O–H groups in total. The zero-order chi connectivity index (χ0) is 39.6. The van der Waals surface area contributed by atoms with Crippen molar-refractivity contribution in [2.45, 2.75) is 161 Å². The van der Waals surface area contributed by atoms with E-state index in [1.165, 1.54) is 50.5 Å². The first-order valence-corrected chi connectivity index (χ1v) is 20.6. The van der Waals surface area contributed by atoms with Crippen LogP contribution < -0.4 is 10.6 Å². The molecule has 308 valence electrons. The summed E-state index contributed by atoms with van der Waals surface area (Å²) in [5.74, 6) is -0.174. The number of aliphatic hydroxyl groups is 4. The number of aliphatic hydroxyl groups excluding tert-OH is 4. The van der Waals surface area contributed by atoms with E-state index >= 15 is 0 Å². The first kappa shape index (κ1) is 42.8. The normalized spacial score (nSPS) is 39.3. The van der Waals surface area contributed by atoms with E-state index in [0.29, 0.717) is 23.7 Å². The summed E-state index contributed by atoms with van der Waals surface area (Å²) in [5.41, 5.74) is 1.95. The fraction of sp³-hybridized carbons (Fsp3) is 0.878. The number of alkyl carbamates (subject to hydrolysis) is 1. The Labute approximate surface area is 321 Å². The standard InChI is InChI=1S/C41H68N2O11/c1-23(2)8-7-9-24(3)29-12-13-30-28-11-10-26-20-27(14-16-39(26,5)31(28)15-17-40(29,30)6)53-38(51)42-18-19-52-41(37(49)50)21-32(46)34(43-25(4)45)36(54-41)35(48)33(47)22-44/h10,23-24,27-36,44,46-48H,7-9,11-22H2,1-6H3,(H,42,51)(H,43,45)(H,49,50)/t24-,27+,28+,29-,30+,31+,32+,33-,34-,35-,36-,39+,40-,41-/m1/s1. The Bertz CT molecular complexity index is 1360. The van der Waals surface area contributed by atoms with Crippen molar-refractivity contribution in [1.29, 1.82) is 0 Å². The molecule has 0 aromatic rings. The minimum absolute atomic E-state index is 0.114. The lowest BCUT2D eigenvalue weighted by molar-refractivity contribution is -0.310. The van der Waals surface area contributed by atoms with E-state index in [9.17, 15) is 39.9 Å². The molecule has 1 saturated heterocycles. The molecule has 0 aromatic carbocycles. The number of hydrogen-bond donors (Lipinski definition) is 7. The number of fused-ring (bicyclic) bond motifs is 5. The Morgan fingerprint density at radius 2 is 1.78 bits per heavy atom. The van der Waals surface area contributed by atoms with Crippen molar-refractivity contribution in [3.8, 4) is 0 Å². The molecule has 5 rings (SSSR count). The van der Waals surface area contributed by atoms with Crippen molar-refractivity contribution >= 4 is 18.0 Å². The van der Waals surface area contributed by atoms with Crippen LogP contribution in [0.25, 0.3) is 0 Å². The summed E-state index contributed by atoms with van der Waals surface area (Å²) in [6.45, 7) is 12.0. The Morgan fingerprint density at radius 1 is 1.04 bits per heavy atom. The lowest BCUT2D eigenvalue weighted by Gasteiger charge is -2.58. The zero-order valence-corrected chi connectivity index (χ0v) is 33.3. The van der Waals surface area contributed by atoms with E-state index < -0.39 is 67.2 Å². The molecule has 1 heterocycles. The van der Waals surface area contributed by atoms with Crippen molar-refractivity contribution in [2.75, 3.05) is 19.8 Å². The van der Waals surface area contributed by atoms with E-state index in [1.807, 2.05) is 0 Å².